The number of nitrogens with zero attached hydrogens (tertiary/aromatic N) is 2. The van der Waals surface area contributed by atoms with E-state index in [1.54, 1.807) is 0 Å². The maximum absolute atomic E-state index is 13.1. The lowest BCUT2D eigenvalue weighted by Crippen LogP contribution is -2.49. The van der Waals surface area contributed by atoms with Crippen molar-refractivity contribution in [2.75, 3.05) is 13.1 Å². The molecule has 1 fully saturated rings. The van der Waals surface area contributed by atoms with Crippen LogP contribution in [0.25, 0.3) is 21.8 Å². The second kappa shape index (κ2) is 7.67. The fourth-order valence-corrected chi connectivity index (χ4v) is 5.68. The van der Waals surface area contributed by atoms with Crippen molar-refractivity contribution in [3.05, 3.63) is 77.8 Å². The minimum atomic E-state index is -3.84. The predicted molar refractivity (Wildman–Crippen MR) is 120 cm³/mol. The van der Waals surface area contributed by atoms with E-state index in [4.69, 9.17) is 16.3 Å². The second-order valence-corrected chi connectivity index (χ2v) is 9.88. The molecule has 8 heteroatoms. The van der Waals surface area contributed by atoms with E-state index in [2.05, 4.69) is 16.7 Å². The molecule has 6 nitrogen and oxygen atoms in total. The van der Waals surface area contributed by atoms with Crippen LogP contribution < -0.4 is 0 Å². The number of benzene rings is 3. The highest BCUT2D eigenvalue weighted by molar-refractivity contribution is 7.89. The maximum atomic E-state index is 13.1. The van der Waals surface area contributed by atoms with Gasteiger partial charge in [0.1, 0.15) is 12.6 Å². The number of carbonyl (C=O) groups excluding carboxylic acids is 1. The SMILES string of the molecule is O=C1CN(S(=O)(=O)c2ccc(Cl)cc2)CC(Cn2c3ccccc3c3ccccc32)O1. The topological polar surface area (TPSA) is 68.6 Å². The molecule has 0 amide bonds. The molecule has 5 rings (SSSR count). The van der Waals surface area contributed by atoms with Crippen molar-refractivity contribution >= 4 is 49.4 Å². The molecule has 1 unspecified atom stereocenters. The highest BCUT2D eigenvalue weighted by Gasteiger charge is 2.35. The van der Waals surface area contributed by atoms with Gasteiger partial charge in [-0.2, -0.15) is 4.31 Å². The average Bonchev–Trinajstić information content (AvgIpc) is 3.08. The monoisotopic (exact) mass is 454 g/mol. The van der Waals surface area contributed by atoms with Gasteiger partial charge in [0.25, 0.3) is 0 Å². The molecule has 0 saturated carbocycles. The van der Waals surface area contributed by atoms with Gasteiger partial charge in [-0.15, -0.1) is 0 Å². The number of cyclic esters (lactones) is 1. The fraction of sp³-hybridized carbons (Fsp3) is 0.174. The average molecular weight is 455 g/mol. The molecule has 0 aliphatic carbocycles. The number of ether oxygens (including phenoxy) is 1. The van der Waals surface area contributed by atoms with E-state index < -0.39 is 22.1 Å². The Morgan fingerprint density at radius 2 is 1.48 bits per heavy atom. The Balaban J connectivity index is 1.49. The van der Waals surface area contributed by atoms with Gasteiger partial charge in [0.15, 0.2) is 0 Å². The number of sulfonamides is 1. The Hall–Kier alpha value is -2.87. The van der Waals surface area contributed by atoms with Gasteiger partial charge >= 0.3 is 5.97 Å². The number of hydrogen-bond acceptors (Lipinski definition) is 4. The van der Waals surface area contributed by atoms with Crippen molar-refractivity contribution in [2.45, 2.75) is 17.5 Å². The van der Waals surface area contributed by atoms with Crippen molar-refractivity contribution in [3.8, 4) is 0 Å². The molecule has 0 radical (unpaired) electrons. The van der Waals surface area contributed by atoms with Crippen LogP contribution in [0.4, 0.5) is 0 Å². The van der Waals surface area contributed by atoms with Crippen LogP contribution in [0.15, 0.2) is 77.7 Å². The summed E-state index contributed by atoms with van der Waals surface area (Å²) in [6, 6.07) is 22.0. The van der Waals surface area contributed by atoms with E-state index in [0.29, 0.717) is 11.6 Å². The number of esters is 1. The molecule has 0 N–H and O–H groups in total. The lowest BCUT2D eigenvalue weighted by Gasteiger charge is -2.31. The van der Waals surface area contributed by atoms with Crippen molar-refractivity contribution in [3.63, 3.8) is 0 Å². The number of para-hydroxylation sites is 2. The largest absolute Gasteiger partial charge is 0.458 e. The van der Waals surface area contributed by atoms with Gasteiger partial charge < -0.3 is 9.30 Å². The highest BCUT2D eigenvalue weighted by atomic mass is 35.5. The first-order valence-electron chi connectivity index (χ1n) is 9.84. The van der Waals surface area contributed by atoms with Crippen molar-refractivity contribution < 1.29 is 17.9 Å². The molecule has 1 aliphatic heterocycles. The lowest BCUT2D eigenvalue weighted by atomic mass is 10.2. The van der Waals surface area contributed by atoms with E-state index in [1.165, 1.54) is 28.6 Å². The van der Waals surface area contributed by atoms with Gasteiger partial charge in [-0.05, 0) is 36.4 Å². The van der Waals surface area contributed by atoms with E-state index in [-0.39, 0.29) is 18.0 Å². The minimum absolute atomic E-state index is 0.0809. The summed E-state index contributed by atoms with van der Waals surface area (Å²) in [5.41, 5.74) is 2.02. The molecule has 4 aromatic rings. The van der Waals surface area contributed by atoms with Crippen LogP contribution in [0.3, 0.4) is 0 Å². The van der Waals surface area contributed by atoms with Gasteiger partial charge in [0, 0.05) is 26.8 Å². The van der Waals surface area contributed by atoms with Crippen LogP contribution in [0, 0.1) is 0 Å². The van der Waals surface area contributed by atoms with Crippen molar-refractivity contribution in [1.29, 1.82) is 0 Å². The van der Waals surface area contributed by atoms with Gasteiger partial charge in [-0.25, -0.2) is 8.42 Å². The van der Waals surface area contributed by atoms with Gasteiger partial charge in [-0.1, -0.05) is 48.0 Å². The van der Waals surface area contributed by atoms with E-state index in [0.717, 1.165) is 21.8 Å². The lowest BCUT2D eigenvalue weighted by molar-refractivity contribution is -0.155. The van der Waals surface area contributed by atoms with Crippen LogP contribution in [0.1, 0.15) is 0 Å². The summed E-state index contributed by atoms with van der Waals surface area (Å²) in [4.78, 5) is 12.4. The summed E-state index contributed by atoms with van der Waals surface area (Å²) in [6.45, 7) is 0.124. The Kier molecular flexibility index (Phi) is 4.97. The molecule has 1 aliphatic rings. The van der Waals surface area contributed by atoms with Gasteiger partial charge in [-0.3, -0.25) is 4.79 Å². The molecule has 0 spiro atoms. The van der Waals surface area contributed by atoms with Crippen LogP contribution in [0.5, 0.6) is 0 Å². The fourth-order valence-electron chi connectivity index (χ4n) is 4.13. The molecule has 31 heavy (non-hydrogen) atoms. The van der Waals surface area contributed by atoms with Crippen LogP contribution in [-0.4, -0.2) is 42.5 Å². The number of morpholine rings is 1. The number of fused-ring (bicyclic) bond motifs is 3. The first-order chi connectivity index (χ1) is 14.9. The zero-order valence-corrected chi connectivity index (χ0v) is 18.0. The molecule has 158 valence electrons. The summed E-state index contributed by atoms with van der Waals surface area (Å²) >= 11 is 5.88. The van der Waals surface area contributed by atoms with Gasteiger partial charge in [0.2, 0.25) is 10.0 Å². The predicted octanol–water partition coefficient (Wildman–Crippen LogP) is 4.06. The van der Waals surface area contributed by atoms with Crippen LogP contribution in [0.2, 0.25) is 5.02 Å². The first-order valence-corrected chi connectivity index (χ1v) is 11.7. The first kappa shape index (κ1) is 20.1. The Morgan fingerprint density at radius 1 is 0.903 bits per heavy atom. The molecular weight excluding hydrogens is 436 g/mol. The Bertz CT molecular complexity index is 1340. The second-order valence-electron chi connectivity index (χ2n) is 7.51. The molecule has 3 aromatic carbocycles. The smallest absolute Gasteiger partial charge is 0.321 e. The molecule has 1 saturated heterocycles. The van der Waals surface area contributed by atoms with Crippen molar-refractivity contribution in [2.24, 2.45) is 0 Å². The zero-order chi connectivity index (χ0) is 21.6. The summed E-state index contributed by atoms with van der Waals surface area (Å²) in [5.74, 6) is -0.561. The maximum Gasteiger partial charge on any atom is 0.321 e. The van der Waals surface area contributed by atoms with E-state index in [9.17, 15) is 13.2 Å². The number of hydrogen-bond donors (Lipinski definition) is 0. The zero-order valence-electron chi connectivity index (χ0n) is 16.4. The van der Waals surface area contributed by atoms with Crippen LogP contribution in [-0.2, 0) is 26.1 Å². The third kappa shape index (κ3) is 3.59. The van der Waals surface area contributed by atoms with Crippen LogP contribution >= 0.6 is 11.6 Å². The highest BCUT2D eigenvalue weighted by Crippen LogP contribution is 2.30. The molecule has 1 atom stereocenters. The third-order valence-electron chi connectivity index (χ3n) is 5.53. The van der Waals surface area contributed by atoms with E-state index in [1.807, 2.05) is 36.4 Å². The normalized spacial score (nSPS) is 17.8. The Morgan fingerprint density at radius 3 is 2.10 bits per heavy atom. The Labute approximate surface area is 184 Å². The van der Waals surface area contributed by atoms with Crippen molar-refractivity contribution in [1.82, 2.24) is 8.87 Å². The number of rotatable bonds is 4. The quantitative estimate of drug-likeness (QED) is 0.436. The third-order valence-corrected chi connectivity index (χ3v) is 7.61. The number of halogens is 1. The summed E-state index contributed by atoms with van der Waals surface area (Å²) < 4.78 is 35.0. The minimum Gasteiger partial charge on any atom is -0.458 e. The standard InChI is InChI=1S/C23H19ClN2O4S/c24-16-9-11-18(12-10-16)31(28,29)25-13-17(30-23(27)15-25)14-26-21-7-3-1-5-19(21)20-6-2-4-8-22(20)26/h1-12,17H,13-15H2. The van der Waals surface area contributed by atoms with Gasteiger partial charge in [0.05, 0.1) is 18.0 Å². The number of aromatic nitrogens is 1. The molecule has 2 heterocycles. The van der Waals surface area contributed by atoms with E-state index >= 15 is 0 Å². The molecule has 1 aromatic heterocycles. The summed E-state index contributed by atoms with van der Waals surface area (Å²) in [7, 11) is -3.84. The molecule has 0 bridgehead atoms. The number of carbonyl (C=O) groups is 1. The molecular formula is C23H19ClN2O4S. The summed E-state index contributed by atoms with van der Waals surface area (Å²) in [6.07, 6.45) is -0.609. The summed E-state index contributed by atoms with van der Waals surface area (Å²) in [5, 5.41) is 2.65.